The molecule has 0 bridgehead atoms. The van der Waals surface area contributed by atoms with E-state index < -0.39 is 15.6 Å². The standard InChI is InChI=1S/C13H26N2O3S/c1-11-8-15(10-13(2,3)18-11)19(16,17)9-12-5-4-6-14-7-12/h11-12,14H,4-10H2,1-3H3. The lowest BCUT2D eigenvalue weighted by molar-refractivity contribution is -0.109. The molecule has 2 rings (SSSR count). The number of hydrogen-bond donors (Lipinski definition) is 1. The third kappa shape index (κ3) is 4.15. The van der Waals surface area contributed by atoms with Gasteiger partial charge in [-0.15, -0.1) is 0 Å². The molecule has 0 aromatic heterocycles. The highest BCUT2D eigenvalue weighted by Gasteiger charge is 2.38. The van der Waals surface area contributed by atoms with Crippen LogP contribution < -0.4 is 5.32 Å². The van der Waals surface area contributed by atoms with Gasteiger partial charge < -0.3 is 10.1 Å². The van der Waals surface area contributed by atoms with Gasteiger partial charge in [-0.2, -0.15) is 4.31 Å². The zero-order chi connectivity index (χ0) is 14.1. The van der Waals surface area contributed by atoms with Crippen LogP contribution >= 0.6 is 0 Å². The lowest BCUT2D eigenvalue weighted by Crippen LogP contribution is -2.54. The summed E-state index contributed by atoms with van der Waals surface area (Å²) in [4.78, 5) is 0. The highest BCUT2D eigenvalue weighted by Crippen LogP contribution is 2.24. The number of nitrogens with one attached hydrogen (secondary N) is 1. The Hall–Kier alpha value is -0.170. The summed E-state index contributed by atoms with van der Waals surface area (Å²) >= 11 is 0. The molecule has 2 aliphatic rings. The molecule has 0 aromatic rings. The number of rotatable bonds is 3. The third-order valence-corrected chi connectivity index (χ3v) is 5.73. The van der Waals surface area contributed by atoms with Gasteiger partial charge in [0.05, 0.1) is 17.5 Å². The Balaban J connectivity index is 2.01. The molecule has 2 heterocycles. The molecule has 0 radical (unpaired) electrons. The van der Waals surface area contributed by atoms with E-state index in [9.17, 15) is 8.42 Å². The minimum absolute atomic E-state index is 0.0389. The van der Waals surface area contributed by atoms with Gasteiger partial charge in [-0.25, -0.2) is 8.42 Å². The molecule has 1 N–H and O–H groups in total. The fourth-order valence-corrected chi connectivity index (χ4v) is 5.11. The summed E-state index contributed by atoms with van der Waals surface area (Å²) in [5, 5.41) is 3.28. The van der Waals surface area contributed by atoms with E-state index in [0.29, 0.717) is 13.1 Å². The van der Waals surface area contributed by atoms with E-state index in [1.54, 1.807) is 4.31 Å². The Labute approximate surface area is 116 Å². The first-order valence-electron chi connectivity index (χ1n) is 7.15. The normalized spacial score (nSPS) is 33.2. The molecule has 0 amide bonds. The molecule has 2 saturated heterocycles. The van der Waals surface area contributed by atoms with Crippen molar-refractivity contribution in [1.29, 1.82) is 0 Å². The van der Waals surface area contributed by atoms with Crippen LogP contribution in [0.1, 0.15) is 33.6 Å². The van der Waals surface area contributed by atoms with Gasteiger partial charge in [0.15, 0.2) is 0 Å². The highest BCUT2D eigenvalue weighted by molar-refractivity contribution is 7.89. The molecule has 0 saturated carbocycles. The van der Waals surface area contributed by atoms with E-state index in [4.69, 9.17) is 4.74 Å². The topological polar surface area (TPSA) is 58.6 Å². The van der Waals surface area contributed by atoms with E-state index in [1.807, 2.05) is 20.8 Å². The largest absolute Gasteiger partial charge is 0.370 e. The minimum atomic E-state index is -3.17. The molecule has 112 valence electrons. The summed E-state index contributed by atoms with van der Waals surface area (Å²) < 4.78 is 32.5. The van der Waals surface area contributed by atoms with Crippen molar-refractivity contribution in [2.45, 2.75) is 45.3 Å². The van der Waals surface area contributed by atoms with Crippen LogP contribution in [0.15, 0.2) is 0 Å². The van der Waals surface area contributed by atoms with E-state index in [0.717, 1.165) is 25.9 Å². The summed E-state index contributed by atoms with van der Waals surface area (Å²) in [5.41, 5.74) is -0.393. The Kier molecular flexibility index (Phi) is 4.55. The quantitative estimate of drug-likeness (QED) is 0.836. The molecule has 6 heteroatoms. The van der Waals surface area contributed by atoms with Crippen LogP contribution in [-0.2, 0) is 14.8 Å². The summed E-state index contributed by atoms with van der Waals surface area (Å²) in [6.45, 7) is 8.61. The van der Waals surface area contributed by atoms with Crippen LogP contribution in [0.3, 0.4) is 0 Å². The average Bonchev–Trinajstić information content (AvgIpc) is 2.27. The van der Waals surface area contributed by atoms with Crippen LogP contribution in [-0.4, -0.2) is 56.4 Å². The third-order valence-electron chi connectivity index (χ3n) is 3.78. The van der Waals surface area contributed by atoms with Crippen LogP contribution in [0, 0.1) is 5.92 Å². The smallest absolute Gasteiger partial charge is 0.214 e. The molecule has 0 aromatic carbocycles. The lowest BCUT2D eigenvalue weighted by atomic mass is 10.0. The minimum Gasteiger partial charge on any atom is -0.370 e. The summed E-state index contributed by atoms with van der Waals surface area (Å²) in [7, 11) is -3.17. The van der Waals surface area contributed by atoms with Gasteiger partial charge >= 0.3 is 0 Å². The number of morpholine rings is 1. The lowest BCUT2D eigenvalue weighted by Gasteiger charge is -2.41. The number of hydrogen-bond acceptors (Lipinski definition) is 4. The Bertz CT molecular complexity index is 402. The predicted molar refractivity (Wildman–Crippen MR) is 75.6 cm³/mol. The molecular weight excluding hydrogens is 264 g/mol. The highest BCUT2D eigenvalue weighted by atomic mass is 32.2. The Morgan fingerprint density at radius 2 is 2.16 bits per heavy atom. The Morgan fingerprint density at radius 1 is 1.42 bits per heavy atom. The van der Waals surface area contributed by atoms with Gasteiger partial charge in [0.1, 0.15) is 0 Å². The average molecular weight is 290 g/mol. The maximum atomic E-state index is 12.5. The summed E-state index contributed by atoms with van der Waals surface area (Å²) in [6.07, 6.45) is 2.05. The molecule has 2 fully saturated rings. The predicted octanol–water partition coefficient (Wildman–Crippen LogP) is 0.815. The summed E-state index contributed by atoms with van der Waals surface area (Å²) in [6, 6.07) is 0. The second-order valence-electron chi connectivity index (χ2n) is 6.47. The number of nitrogens with zero attached hydrogens (tertiary/aromatic N) is 1. The molecule has 0 aliphatic carbocycles. The van der Waals surface area contributed by atoms with Crippen molar-refractivity contribution in [3.8, 4) is 0 Å². The number of piperidine rings is 1. The molecule has 0 spiro atoms. The van der Waals surface area contributed by atoms with Gasteiger partial charge in [-0.1, -0.05) is 0 Å². The first-order valence-corrected chi connectivity index (χ1v) is 8.76. The van der Waals surface area contributed by atoms with E-state index in [-0.39, 0.29) is 17.8 Å². The van der Waals surface area contributed by atoms with Crippen molar-refractivity contribution in [3.63, 3.8) is 0 Å². The van der Waals surface area contributed by atoms with Crippen molar-refractivity contribution in [2.75, 3.05) is 31.9 Å². The molecule has 2 aliphatic heterocycles. The van der Waals surface area contributed by atoms with E-state index >= 15 is 0 Å². The summed E-state index contributed by atoms with van der Waals surface area (Å²) in [5.74, 6) is 0.517. The van der Waals surface area contributed by atoms with Crippen LogP contribution in [0.5, 0.6) is 0 Å². The van der Waals surface area contributed by atoms with Crippen molar-refractivity contribution in [2.24, 2.45) is 5.92 Å². The Morgan fingerprint density at radius 3 is 2.74 bits per heavy atom. The van der Waals surface area contributed by atoms with Gasteiger partial charge in [-0.05, 0) is 52.6 Å². The van der Waals surface area contributed by atoms with Crippen molar-refractivity contribution in [1.82, 2.24) is 9.62 Å². The van der Waals surface area contributed by atoms with Crippen LogP contribution in [0.2, 0.25) is 0 Å². The van der Waals surface area contributed by atoms with Crippen LogP contribution in [0.4, 0.5) is 0 Å². The number of ether oxygens (including phenoxy) is 1. The van der Waals surface area contributed by atoms with E-state index in [2.05, 4.69) is 5.32 Å². The van der Waals surface area contributed by atoms with Gasteiger partial charge in [0, 0.05) is 13.1 Å². The van der Waals surface area contributed by atoms with Crippen molar-refractivity contribution in [3.05, 3.63) is 0 Å². The zero-order valence-electron chi connectivity index (χ0n) is 12.2. The van der Waals surface area contributed by atoms with Gasteiger partial charge in [0.25, 0.3) is 0 Å². The molecule has 19 heavy (non-hydrogen) atoms. The maximum absolute atomic E-state index is 12.5. The molecule has 2 unspecified atom stereocenters. The fourth-order valence-electron chi connectivity index (χ4n) is 3.08. The second kappa shape index (κ2) is 5.68. The molecular formula is C13H26N2O3S. The van der Waals surface area contributed by atoms with Gasteiger partial charge in [0.2, 0.25) is 10.0 Å². The second-order valence-corrected chi connectivity index (χ2v) is 8.49. The number of sulfonamides is 1. The fraction of sp³-hybridized carbons (Fsp3) is 1.00. The van der Waals surface area contributed by atoms with Crippen molar-refractivity contribution >= 4 is 10.0 Å². The monoisotopic (exact) mass is 290 g/mol. The molecule has 2 atom stereocenters. The zero-order valence-corrected chi connectivity index (χ0v) is 13.0. The maximum Gasteiger partial charge on any atom is 0.214 e. The molecule has 5 nitrogen and oxygen atoms in total. The van der Waals surface area contributed by atoms with Crippen LogP contribution in [0.25, 0.3) is 0 Å². The van der Waals surface area contributed by atoms with Gasteiger partial charge in [-0.3, -0.25) is 0 Å². The first-order chi connectivity index (χ1) is 8.78. The first kappa shape index (κ1) is 15.2. The van der Waals surface area contributed by atoms with E-state index in [1.165, 1.54) is 0 Å². The van der Waals surface area contributed by atoms with Crippen molar-refractivity contribution < 1.29 is 13.2 Å². The SMILES string of the molecule is CC1CN(S(=O)(=O)CC2CCCNC2)CC(C)(C)O1.